The van der Waals surface area contributed by atoms with Crippen LogP contribution in [0, 0.1) is 0 Å². The predicted molar refractivity (Wildman–Crippen MR) is 246 cm³/mol. The average molecular weight is 997 g/mol. The molecule has 1 aromatic heterocycles. The number of anilines is 1. The largest absolute Gasteiger partial charge is 0.488 e. The van der Waals surface area contributed by atoms with Crippen LogP contribution in [0.3, 0.4) is 0 Å². The van der Waals surface area contributed by atoms with Gasteiger partial charge in [0.25, 0.3) is 10.9 Å². The molecule has 2 heterocycles. The summed E-state index contributed by atoms with van der Waals surface area (Å²) in [6.07, 6.45) is -4.90. The number of aliphatic hydroxyl groups is 6. The molecule has 0 aliphatic carbocycles. The SMILES string of the molecule is CCOc1c(NCCCc2cc3nc(c2)CN(C(CCC(=O)NCC(O)CO)C(=O)O)CCN(C(CCC(=O)NCC(O)CO)C(=O)O)CCN(C(CCC(=O)NCC(O)CO)C(=O)O)C3)c(=O)c1=O. The minimum atomic E-state index is -1.41. The topological polar surface area (TPSA) is 399 Å². The fraction of sp³-hybridized carbons (Fsp3) is 0.659. The van der Waals surface area contributed by atoms with E-state index in [4.69, 9.17) is 25.0 Å². The standard InChI is InChI=1S/C44H68N8O18/c1-2-70-41-38(39(62)40(41)63)45-11-3-4-26-16-27-21-51(33(43(66)67)6-9-36(60)47-19-30(57)24-54)14-12-50(32(42(64)65)5-8-35(59)46-18-29(56)23-53)13-15-52(22-28(17-26)49-27)34(44(68)69)7-10-37(61)48-20-31(58)25-55/h16-17,29-34,45,53-58H,2-15,18-25H2,1H3,(H,46,59)(H,47,60)(H,48,61)(H,64,65)(H,66,67)(H,68,69). The Labute approximate surface area is 402 Å². The van der Waals surface area contributed by atoms with Crippen LogP contribution in [-0.2, 0) is 48.3 Å². The molecular formula is C44H68N8O18. The summed E-state index contributed by atoms with van der Waals surface area (Å²) in [6.45, 7) is -1.80. The maximum Gasteiger partial charge on any atom is 0.320 e. The monoisotopic (exact) mass is 996 g/mol. The second-order valence-corrected chi connectivity index (χ2v) is 16.9. The van der Waals surface area contributed by atoms with Gasteiger partial charge in [-0.3, -0.25) is 58.0 Å². The normalized spacial score (nSPS) is 16.6. The number of nitrogens with zero attached hydrogens (tertiary/aromatic N) is 4. The van der Waals surface area contributed by atoms with Crippen molar-refractivity contribution in [3.8, 4) is 5.75 Å². The van der Waals surface area contributed by atoms with Crippen LogP contribution in [-0.4, -0.2) is 216 Å². The summed E-state index contributed by atoms with van der Waals surface area (Å²) in [7, 11) is 0. The Balaban J connectivity index is 2.09. The lowest BCUT2D eigenvalue weighted by Gasteiger charge is -2.37. The number of ether oxygens (including phenoxy) is 1. The second kappa shape index (κ2) is 30.1. The van der Waals surface area contributed by atoms with Crippen LogP contribution in [0.2, 0.25) is 0 Å². The first kappa shape index (κ1) is 58.6. The summed E-state index contributed by atoms with van der Waals surface area (Å²) < 4.78 is 5.29. The van der Waals surface area contributed by atoms with Crippen molar-refractivity contribution in [2.45, 2.75) is 108 Å². The zero-order chi connectivity index (χ0) is 51.9. The van der Waals surface area contributed by atoms with Gasteiger partial charge in [-0.15, -0.1) is 0 Å². The number of carbonyl (C=O) groups is 6. The number of hydrogen-bond acceptors (Lipinski definition) is 20. The zero-order valence-corrected chi connectivity index (χ0v) is 39.2. The third-order valence-electron chi connectivity index (χ3n) is 11.5. The number of aliphatic hydroxyl groups excluding tert-OH is 6. The van der Waals surface area contributed by atoms with E-state index in [2.05, 4.69) is 21.3 Å². The van der Waals surface area contributed by atoms with Crippen molar-refractivity contribution in [3.63, 3.8) is 0 Å². The molecule has 13 N–H and O–H groups in total. The van der Waals surface area contributed by atoms with Crippen molar-refractivity contribution < 1.29 is 79.5 Å². The molecule has 6 unspecified atom stereocenters. The average Bonchev–Trinajstić information content (AvgIpc) is 3.32. The maximum absolute atomic E-state index is 13.0. The molecule has 392 valence electrons. The van der Waals surface area contributed by atoms with Gasteiger partial charge >= 0.3 is 17.9 Å². The minimum absolute atomic E-state index is 0.0555. The highest BCUT2D eigenvalue weighted by Gasteiger charge is 2.34. The van der Waals surface area contributed by atoms with Crippen LogP contribution in [0.25, 0.3) is 0 Å². The minimum Gasteiger partial charge on any atom is -0.488 e. The molecule has 2 aromatic rings. The van der Waals surface area contributed by atoms with Crippen molar-refractivity contribution in [1.29, 1.82) is 0 Å². The molecule has 3 rings (SSSR count). The van der Waals surface area contributed by atoms with Crippen molar-refractivity contribution in [1.82, 2.24) is 35.6 Å². The summed E-state index contributed by atoms with van der Waals surface area (Å²) in [6, 6.07) is -0.778. The van der Waals surface area contributed by atoms with E-state index in [0.717, 1.165) is 0 Å². The third kappa shape index (κ3) is 19.2. The van der Waals surface area contributed by atoms with Gasteiger partial charge < -0.3 is 72.0 Å². The molecule has 0 fully saturated rings. The summed E-state index contributed by atoms with van der Waals surface area (Å²) >= 11 is 0. The van der Waals surface area contributed by atoms with E-state index in [0.29, 0.717) is 29.8 Å². The van der Waals surface area contributed by atoms with Gasteiger partial charge in [-0.05, 0) is 56.7 Å². The third-order valence-corrected chi connectivity index (χ3v) is 11.5. The lowest BCUT2D eigenvalue weighted by molar-refractivity contribution is -0.147. The molecule has 1 aliphatic rings. The Kier molecular flexibility index (Phi) is 25.2. The van der Waals surface area contributed by atoms with Crippen molar-refractivity contribution in [2.24, 2.45) is 0 Å². The first-order valence-electron chi connectivity index (χ1n) is 23.1. The van der Waals surface area contributed by atoms with E-state index in [-0.39, 0.29) is 122 Å². The Morgan fingerprint density at radius 2 is 1.01 bits per heavy atom. The fourth-order valence-electron chi connectivity index (χ4n) is 7.73. The molecule has 0 radical (unpaired) electrons. The Morgan fingerprint density at radius 1 is 0.629 bits per heavy atom. The summed E-state index contributed by atoms with van der Waals surface area (Å²) in [5, 5.41) is 98.6. The number of aryl methyl sites for hydroxylation is 1. The Bertz CT molecular complexity index is 2020. The van der Waals surface area contributed by atoms with Gasteiger partial charge in [-0.25, -0.2) is 0 Å². The number of nitrogens with one attached hydrogen (secondary N) is 4. The molecule has 26 nitrogen and oxygen atoms in total. The van der Waals surface area contributed by atoms with E-state index in [9.17, 15) is 69.0 Å². The molecule has 1 aromatic carbocycles. The first-order valence-corrected chi connectivity index (χ1v) is 23.1. The fourth-order valence-corrected chi connectivity index (χ4v) is 7.73. The molecule has 1 aliphatic heterocycles. The lowest BCUT2D eigenvalue weighted by atomic mass is 10.0. The number of aromatic nitrogens is 1. The van der Waals surface area contributed by atoms with E-state index in [1.807, 2.05) is 0 Å². The highest BCUT2D eigenvalue weighted by Crippen LogP contribution is 2.22. The van der Waals surface area contributed by atoms with E-state index >= 15 is 0 Å². The molecule has 6 atom stereocenters. The number of amides is 3. The van der Waals surface area contributed by atoms with Gasteiger partial charge in [-0.2, -0.15) is 0 Å². The van der Waals surface area contributed by atoms with E-state index < -0.39 is 103 Å². The van der Waals surface area contributed by atoms with Gasteiger partial charge in [0.1, 0.15) is 23.8 Å². The van der Waals surface area contributed by atoms with E-state index in [1.165, 1.54) is 14.7 Å². The van der Waals surface area contributed by atoms with Crippen LogP contribution in [0.15, 0.2) is 21.7 Å². The van der Waals surface area contributed by atoms with Gasteiger partial charge in [0, 0.05) is 84.7 Å². The zero-order valence-electron chi connectivity index (χ0n) is 39.2. The van der Waals surface area contributed by atoms with Crippen LogP contribution >= 0.6 is 0 Å². The van der Waals surface area contributed by atoms with Gasteiger partial charge in [0.2, 0.25) is 17.7 Å². The van der Waals surface area contributed by atoms with Crippen LogP contribution in [0.5, 0.6) is 5.75 Å². The molecule has 0 saturated carbocycles. The first-order chi connectivity index (χ1) is 33.3. The highest BCUT2D eigenvalue weighted by atomic mass is 16.5. The summed E-state index contributed by atoms with van der Waals surface area (Å²) in [5.41, 5.74) is -0.124. The van der Waals surface area contributed by atoms with Crippen molar-refractivity contribution >= 4 is 41.3 Å². The molecule has 0 spiro atoms. The number of aliphatic carboxylic acids is 3. The summed E-state index contributed by atoms with van der Waals surface area (Å²) in [5.74, 6) is -5.98. The van der Waals surface area contributed by atoms with E-state index in [1.54, 1.807) is 19.1 Å². The number of rotatable bonds is 31. The van der Waals surface area contributed by atoms with Gasteiger partial charge in [0.05, 0.1) is 56.1 Å². The molecule has 2 bridgehead atoms. The van der Waals surface area contributed by atoms with Gasteiger partial charge in [-0.1, -0.05) is 0 Å². The number of carboxylic acids is 3. The lowest BCUT2D eigenvalue weighted by Crippen LogP contribution is -2.52. The maximum atomic E-state index is 13.0. The van der Waals surface area contributed by atoms with Crippen LogP contribution in [0.4, 0.5) is 5.69 Å². The quantitative estimate of drug-likeness (QED) is 0.0249. The highest BCUT2D eigenvalue weighted by molar-refractivity contribution is 5.80. The molecular weight excluding hydrogens is 929 g/mol. The molecule has 70 heavy (non-hydrogen) atoms. The second-order valence-electron chi connectivity index (χ2n) is 16.9. The molecule has 3 amide bonds. The Morgan fingerprint density at radius 3 is 1.39 bits per heavy atom. The number of carbonyl (C=O) groups excluding carboxylic acids is 3. The van der Waals surface area contributed by atoms with Crippen molar-refractivity contribution in [2.75, 3.05) is 84.1 Å². The van der Waals surface area contributed by atoms with Gasteiger partial charge in [0.15, 0.2) is 5.75 Å². The summed E-state index contributed by atoms with van der Waals surface area (Å²) in [4.78, 5) is 111. The van der Waals surface area contributed by atoms with Crippen molar-refractivity contribution in [3.05, 3.63) is 49.5 Å². The number of pyridine rings is 1. The molecule has 26 heteroatoms. The number of fused-ring (bicyclic) bond motifs is 2. The number of hydrogen-bond donors (Lipinski definition) is 13. The Hall–Kier alpha value is -5.71. The molecule has 0 saturated heterocycles. The van der Waals surface area contributed by atoms with Crippen LogP contribution < -0.4 is 36.9 Å². The smallest absolute Gasteiger partial charge is 0.320 e. The van der Waals surface area contributed by atoms with Crippen LogP contribution in [0.1, 0.15) is 68.8 Å². The number of carboxylic acid groups (broad SMARTS) is 3. The predicted octanol–water partition coefficient (Wildman–Crippen LogP) is -4.85.